The van der Waals surface area contributed by atoms with Crippen molar-refractivity contribution in [2.24, 2.45) is 0 Å². The van der Waals surface area contributed by atoms with E-state index >= 15 is 0 Å². The van der Waals surface area contributed by atoms with E-state index in [9.17, 15) is 4.79 Å². The summed E-state index contributed by atoms with van der Waals surface area (Å²) >= 11 is 0. The predicted octanol–water partition coefficient (Wildman–Crippen LogP) is 3.73. The normalized spacial score (nSPS) is 17.6. The van der Waals surface area contributed by atoms with Crippen molar-refractivity contribution >= 4 is 11.8 Å². The van der Waals surface area contributed by atoms with Gasteiger partial charge in [0.2, 0.25) is 5.82 Å². The van der Waals surface area contributed by atoms with Gasteiger partial charge in [0.05, 0.1) is 12.3 Å². The van der Waals surface area contributed by atoms with E-state index in [0.29, 0.717) is 12.5 Å². The average Bonchev–Trinajstić information content (AvgIpc) is 2.68. The molecule has 27 heavy (non-hydrogen) atoms. The maximum absolute atomic E-state index is 12.3. The van der Waals surface area contributed by atoms with E-state index in [-0.39, 0.29) is 11.2 Å². The number of hydrogen-bond donors (Lipinski definition) is 0. The van der Waals surface area contributed by atoms with E-state index in [1.807, 2.05) is 18.5 Å². The molecule has 1 saturated heterocycles. The quantitative estimate of drug-likeness (QED) is 0.766. The van der Waals surface area contributed by atoms with Crippen molar-refractivity contribution in [1.29, 1.82) is 0 Å². The van der Waals surface area contributed by atoms with E-state index in [4.69, 9.17) is 4.74 Å². The lowest BCUT2D eigenvalue weighted by atomic mass is 9.90. The Kier molecular flexibility index (Phi) is 5.73. The fourth-order valence-corrected chi connectivity index (χ4v) is 3.36. The molecule has 2 aromatic rings. The first kappa shape index (κ1) is 19.3. The van der Waals surface area contributed by atoms with Crippen LogP contribution in [0.4, 0.5) is 5.82 Å². The highest BCUT2D eigenvalue weighted by molar-refractivity contribution is 5.85. The Bertz CT molecular complexity index is 787. The highest BCUT2D eigenvalue weighted by Crippen LogP contribution is 2.31. The summed E-state index contributed by atoms with van der Waals surface area (Å²) in [6, 6.07) is 6.18. The molecule has 0 bridgehead atoms. The minimum absolute atomic E-state index is 0.144. The molecule has 0 radical (unpaired) electrons. The number of rotatable bonds is 4. The maximum atomic E-state index is 12.3. The van der Waals surface area contributed by atoms with E-state index in [1.54, 1.807) is 6.92 Å². The third-order valence-electron chi connectivity index (χ3n) is 4.86. The number of esters is 1. The van der Waals surface area contributed by atoms with Crippen molar-refractivity contribution in [3.63, 3.8) is 0 Å². The number of anilines is 1. The Labute approximate surface area is 161 Å². The van der Waals surface area contributed by atoms with Crippen LogP contribution in [0.1, 0.15) is 68.3 Å². The van der Waals surface area contributed by atoms with Crippen LogP contribution in [0, 0.1) is 0 Å². The predicted molar refractivity (Wildman–Crippen MR) is 105 cm³/mol. The van der Waals surface area contributed by atoms with Crippen molar-refractivity contribution in [3.8, 4) is 0 Å². The lowest BCUT2D eigenvalue weighted by Crippen LogP contribution is -2.35. The SMILES string of the molecule is CCOC(=O)c1nc(N2CCCC(c3ccncc3)C2)cc(C(C)(C)C)n1. The summed E-state index contributed by atoms with van der Waals surface area (Å²) in [5, 5.41) is 0. The number of carbonyl (C=O) groups excluding carboxylic acids is 1. The summed E-state index contributed by atoms with van der Waals surface area (Å²) in [6.07, 6.45) is 5.91. The fraction of sp³-hybridized carbons (Fsp3) is 0.524. The summed E-state index contributed by atoms with van der Waals surface area (Å²) in [4.78, 5) is 27.7. The number of nitrogens with zero attached hydrogens (tertiary/aromatic N) is 4. The van der Waals surface area contributed by atoms with Crippen molar-refractivity contribution in [3.05, 3.63) is 47.7 Å². The molecule has 144 valence electrons. The van der Waals surface area contributed by atoms with Crippen LogP contribution >= 0.6 is 0 Å². The maximum Gasteiger partial charge on any atom is 0.376 e. The second-order valence-corrected chi connectivity index (χ2v) is 7.97. The first-order valence-electron chi connectivity index (χ1n) is 9.60. The second kappa shape index (κ2) is 8.03. The molecule has 1 fully saturated rings. The Hall–Kier alpha value is -2.50. The molecule has 6 heteroatoms. The van der Waals surface area contributed by atoms with E-state index in [1.165, 1.54) is 5.56 Å². The van der Waals surface area contributed by atoms with Crippen LogP contribution in [0.5, 0.6) is 0 Å². The van der Waals surface area contributed by atoms with E-state index in [0.717, 1.165) is 37.4 Å². The molecule has 0 aliphatic carbocycles. The molecule has 0 saturated carbocycles. The highest BCUT2D eigenvalue weighted by Gasteiger charge is 2.26. The lowest BCUT2D eigenvalue weighted by molar-refractivity contribution is 0.0511. The molecule has 0 N–H and O–H groups in total. The highest BCUT2D eigenvalue weighted by atomic mass is 16.5. The first-order chi connectivity index (χ1) is 12.9. The summed E-state index contributed by atoms with van der Waals surface area (Å²) in [7, 11) is 0. The van der Waals surface area contributed by atoms with Gasteiger partial charge in [-0.15, -0.1) is 0 Å². The van der Waals surface area contributed by atoms with Crippen molar-refractivity contribution in [2.75, 3.05) is 24.6 Å². The average molecular weight is 368 g/mol. The molecule has 2 aromatic heterocycles. The van der Waals surface area contributed by atoms with E-state index < -0.39 is 5.97 Å². The Balaban J connectivity index is 1.92. The first-order valence-corrected chi connectivity index (χ1v) is 9.60. The monoisotopic (exact) mass is 368 g/mol. The molecule has 0 amide bonds. The van der Waals surface area contributed by atoms with Gasteiger partial charge in [-0.2, -0.15) is 0 Å². The second-order valence-electron chi connectivity index (χ2n) is 7.97. The van der Waals surface area contributed by atoms with Crippen LogP contribution < -0.4 is 4.90 Å². The van der Waals surface area contributed by atoms with Crippen molar-refractivity contribution in [1.82, 2.24) is 15.0 Å². The van der Waals surface area contributed by atoms with Gasteiger partial charge in [0.15, 0.2) is 0 Å². The van der Waals surface area contributed by atoms with Crippen LogP contribution in [0.25, 0.3) is 0 Å². The largest absolute Gasteiger partial charge is 0.460 e. The summed E-state index contributed by atoms with van der Waals surface area (Å²) in [5.74, 6) is 0.912. The van der Waals surface area contributed by atoms with Gasteiger partial charge < -0.3 is 9.64 Å². The smallest absolute Gasteiger partial charge is 0.376 e. The number of hydrogen-bond acceptors (Lipinski definition) is 6. The van der Waals surface area contributed by atoms with Crippen molar-refractivity contribution in [2.45, 2.75) is 51.9 Å². The Morgan fingerprint density at radius 2 is 2.00 bits per heavy atom. The number of pyridine rings is 1. The molecule has 0 aromatic carbocycles. The molecule has 1 aliphatic heterocycles. The zero-order valence-electron chi connectivity index (χ0n) is 16.6. The van der Waals surface area contributed by atoms with Gasteiger partial charge in [-0.05, 0) is 37.5 Å². The molecule has 6 nitrogen and oxygen atoms in total. The van der Waals surface area contributed by atoms with Gasteiger partial charge in [0, 0.05) is 42.9 Å². The number of ether oxygens (including phenoxy) is 1. The minimum Gasteiger partial charge on any atom is -0.460 e. The van der Waals surface area contributed by atoms with Gasteiger partial charge >= 0.3 is 5.97 Å². The fourth-order valence-electron chi connectivity index (χ4n) is 3.36. The zero-order chi connectivity index (χ0) is 19.4. The van der Waals surface area contributed by atoms with E-state index in [2.05, 4.69) is 52.8 Å². The molecular formula is C21H28N4O2. The summed E-state index contributed by atoms with van der Waals surface area (Å²) < 4.78 is 5.14. The van der Waals surface area contributed by atoms with Gasteiger partial charge in [0.1, 0.15) is 5.82 Å². The minimum atomic E-state index is -0.465. The molecule has 1 atom stereocenters. The van der Waals surface area contributed by atoms with Gasteiger partial charge in [0.25, 0.3) is 0 Å². The zero-order valence-corrected chi connectivity index (χ0v) is 16.6. The lowest BCUT2D eigenvalue weighted by Gasteiger charge is -2.34. The third-order valence-corrected chi connectivity index (χ3v) is 4.86. The molecule has 3 heterocycles. The van der Waals surface area contributed by atoms with Crippen molar-refractivity contribution < 1.29 is 9.53 Å². The van der Waals surface area contributed by atoms with Crippen LogP contribution in [0.2, 0.25) is 0 Å². The Morgan fingerprint density at radius 3 is 2.67 bits per heavy atom. The number of carbonyl (C=O) groups is 1. The standard InChI is InChI=1S/C21H28N4O2/c1-5-27-20(26)19-23-17(21(2,3)4)13-18(24-19)25-12-6-7-16(14-25)15-8-10-22-11-9-15/h8-11,13,16H,5-7,12,14H2,1-4H3. The number of piperidine rings is 1. The van der Waals surface area contributed by atoms with Gasteiger partial charge in [-0.1, -0.05) is 20.8 Å². The molecule has 3 rings (SSSR count). The summed E-state index contributed by atoms with van der Waals surface area (Å²) in [6.45, 7) is 10.1. The van der Waals surface area contributed by atoms with Gasteiger partial charge in [-0.25, -0.2) is 14.8 Å². The number of aromatic nitrogens is 3. The molecule has 0 spiro atoms. The molecule has 1 aliphatic rings. The Morgan fingerprint density at radius 1 is 1.26 bits per heavy atom. The summed E-state index contributed by atoms with van der Waals surface area (Å²) in [5.41, 5.74) is 1.96. The van der Waals surface area contributed by atoms with Crippen LogP contribution in [0.3, 0.4) is 0 Å². The van der Waals surface area contributed by atoms with Gasteiger partial charge in [-0.3, -0.25) is 4.98 Å². The van der Waals surface area contributed by atoms with Crippen LogP contribution in [-0.4, -0.2) is 40.6 Å². The molecule has 1 unspecified atom stereocenters. The topological polar surface area (TPSA) is 68.2 Å². The van der Waals surface area contributed by atoms with Crippen LogP contribution in [-0.2, 0) is 10.2 Å². The third kappa shape index (κ3) is 4.62. The molecular weight excluding hydrogens is 340 g/mol. The van der Waals surface area contributed by atoms with Crippen LogP contribution in [0.15, 0.2) is 30.6 Å².